The smallest absolute Gasteiger partial charge is 0.433 e. The van der Waals surface area contributed by atoms with Gasteiger partial charge in [-0.15, -0.1) is 0 Å². The Hall–Kier alpha value is -3.17. The fourth-order valence-electron chi connectivity index (χ4n) is 2.41. The highest BCUT2D eigenvalue weighted by molar-refractivity contribution is 5.88. The molecule has 0 aliphatic carbocycles. The van der Waals surface area contributed by atoms with E-state index in [9.17, 15) is 14.9 Å². The van der Waals surface area contributed by atoms with Crippen molar-refractivity contribution in [2.24, 2.45) is 5.10 Å². The minimum absolute atomic E-state index is 0.234. The number of aryl methyl sites for hydroxylation is 1. The van der Waals surface area contributed by atoms with Gasteiger partial charge in [0.1, 0.15) is 10.6 Å². The molecule has 0 aromatic carbocycles. The summed E-state index contributed by atoms with van der Waals surface area (Å²) in [5.41, 5.74) is 3.21. The second-order valence-electron chi connectivity index (χ2n) is 5.74. The van der Waals surface area contributed by atoms with E-state index in [0.717, 1.165) is 25.7 Å². The molecule has 0 atom stereocenters. The van der Waals surface area contributed by atoms with Gasteiger partial charge in [0, 0.05) is 18.3 Å². The third-order valence-electron chi connectivity index (χ3n) is 3.67. The van der Waals surface area contributed by atoms with Crippen LogP contribution in [-0.2, 0) is 11.3 Å². The van der Waals surface area contributed by atoms with Gasteiger partial charge >= 0.3 is 12.0 Å². The third kappa shape index (κ3) is 5.94. The van der Waals surface area contributed by atoms with E-state index >= 15 is 0 Å². The maximum atomic E-state index is 11.3. The Kier molecular flexibility index (Phi) is 7.53. The SMILES string of the molecule is CCCCCCn1cc(/C=N/NC(=O)OCC)c(-c2ccc([N+](=O)[O-])o2)n1. The molecular weight excluding hydrogens is 354 g/mol. The second kappa shape index (κ2) is 10.1. The quantitative estimate of drug-likeness (QED) is 0.291. The van der Waals surface area contributed by atoms with Crippen LogP contribution in [-0.4, -0.2) is 33.6 Å². The molecule has 0 aliphatic rings. The van der Waals surface area contributed by atoms with Gasteiger partial charge in [-0.2, -0.15) is 10.2 Å². The molecule has 1 N–H and O–H groups in total. The molecule has 1 amide bonds. The van der Waals surface area contributed by atoms with E-state index in [4.69, 9.17) is 9.15 Å². The van der Waals surface area contributed by atoms with Crippen LogP contribution in [0.1, 0.15) is 45.1 Å². The molecule has 0 bridgehead atoms. The molecule has 10 heteroatoms. The largest absolute Gasteiger partial charge is 0.449 e. The highest BCUT2D eigenvalue weighted by Gasteiger charge is 2.18. The molecule has 0 spiro atoms. The Labute approximate surface area is 156 Å². The maximum absolute atomic E-state index is 11.3. The van der Waals surface area contributed by atoms with Crippen LogP contribution in [0.25, 0.3) is 11.5 Å². The molecule has 146 valence electrons. The van der Waals surface area contributed by atoms with Crippen molar-refractivity contribution in [3.8, 4) is 11.5 Å². The van der Waals surface area contributed by atoms with E-state index in [2.05, 4.69) is 22.5 Å². The van der Waals surface area contributed by atoms with Crippen LogP contribution in [0.5, 0.6) is 0 Å². The number of amides is 1. The lowest BCUT2D eigenvalue weighted by molar-refractivity contribution is -0.401. The summed E-state index contributed by atoms with van der Waals surface area (Å²) in [5.74, 6) is -0.110. The van der Waals surface area contributed by atoms with Crippen molar-refractivity contribution < 1.29 is 18.9 Å². The molecule has 0 fully saturated rings. The number of nitrogens with one attached hydrogen (secondary N) is 1. The molecular formula is C17H23N5O5. The van der Waals surface area contributed by atoms with Crippen molar-refractivity contribution in [3.63, 3.8) is 0 Å². The number of rotatable bonds is 10. The molecule has 0 unspecified atom stereocenters. The predicted octanol–water partition coefficient (Wildman–Crippen LogP) is 3.71. The number of hydrogen-bond acceptors (Lipinski definition) is 7. The highest BCUT2D eigenvalue weighted by atomic mass is 16.6. The number of ether oxygens (including phenoxy) is 1. The number of hydrazone groups is 1. The van der Waals surface area contributed by atoms with Crippen LogP contribution in [0.2, 0.25) is 0 Å². The summed E-state index contributed by atoms with van der Waals surface area (Å²) in [6.07, 6.45) is 6.82. The summed E-state index contributed by atoms with van der Waals surface area (Å²) in [7, 11) is 0. The predicted molar refractivity (Wildman–Crippen MR) is 98.5 cm³/mol. The minimum Gasteiger partial charge on any atom is -0.449 e. The van der Waals surface area contributed by atoms with Gasteiger partial charge in [-0.05, 0) is 19.4 Å². The number of nitro groups is 1. The first-order valence-corrected chi connectivity index (χ1v) is 8.83. The molecule has 2 aromatic rings. The maximum Gasteiger partial charge on any atom is 0.433 e. The molecule has 2 rings (SSSR count). The molecule has 2 heterocycles. The minimum atomic E-state index is -0.670. The van der Waals surface area contributed by atoms with Gasteiger partial charge in [-0.1, -0.05) is 26.2 Å². The lowest BCUT2D eigenvalue weighted by Crippen LogP contribution is -2.18. The molecule has 0 aliphatic heterocycles. The molecule has 0 saturated carbocycles. The van der Waals surface area contributed by atoms with Crippen LogP contribution in [0, 0.1) is 10.1 Å². The first-order valence-electron chi connectivity index (χ1n) is 8.83. The lowest BCUT2D eigenvalue weighted by atomic mass is 10.2. The molecule has 27 heavy (non-hydrogen) atoms. The average Bonchev–Trinajstić information content (AvgIpc) is 3.26. The summed E-state index contributed by atoms with van der Waals surface area (Å²) in [4.78, 5) is 21.5. The summed E-state index contributed by atoms with van der Waals surface area (Å²) < 4.78 is 11.7. The molecule has 0 radical (unpaired) electrons. The van der Waals surface area contributed by atoms with Crippen molar-refractivity contribution in [3.05, 3.63) is 34.0 Å². The second-order valence-corrected chi connectivity index (χ2v) is 5.74. The van der Waals surface area contributed by atoms with E-state index in [-0.39, 0.29) is 18.3 Å². The monoisotopic (exact) mass is 377 g/mol. The number of aromatic nitrogens is 2. The van der Waals surface area contributed by atoms with Gasteiger partial charge in [0.15, 0.2) is 5.76 Å². The normalized spacial score (nSPS) is 11.0. The van der Waals surface area contributed by atoms with E-state index in [1.165, 1.54) is 18.3 Å². The van der Waals surface area contributed by atoms with Gasteiger partial charge in [0.05, 0.1) is 18.9 Å². The van der Waals surface area contributed by atoms with Gasteiger partial charge in [0.25, 0.3) is 0 Å². The average molecular weight is 377 g/mol. The Morgan fingerprint density at radius 1 is 1.41 bits per heavy atom. The number of unbranched alkanes of at least 4 members (excludes halogenated alkanes) is 3. The number of furan rings is 1. The van der Waals surface area contributed by atoms with Crippen LogP contribution in [0.4, 0.5) is 10.7 Å². The van der Waals surface area contributed by atoms with E-state index in [0.29, 0.717) is 17.8 Å². The van der Waals surface area contributed by atoms with Crippen LogP contribution in [0.15, 0.2) is 27.8 Å². The Morgan fingerprint density at radius 2 is 2.22 bits per heavy atom. The van der Waals surface area contributed by atoms with Crippen LogP contribution in [0.3, 0.4) is 0 Å². The number of carbonyl (C=O) groups excluding carboxylic acids is 1. The molecule has 2 aromatic heterocycles. The van der Waals surface area contributed by atoms with Crippen molar-refractivity contribution in [1.82, 2.24) is 15.2 Å². The van der Waals surface area contributed by atoms with Gasteiger partial charge in [-0.3, -0.25) is 14.8 Å². The zero-order valence-electron chi connectivity index (χ0n) is 15.4. The summed E-state index contributed by atoms with van der Waals surface area (Å²) in [6, 6.07) is 2.76. The highest BCUT2D eigenvalue weighted by Crippen LogP contribution is 2.27. The number of nitrogens with zero attached hydrogens (tertiary/aromatic N) is 4. The van der Waals surface area contributed by atoms with Crippen molar-refractivity contribution >= 4 is 18.2 Å². The first kappa shape index (κ1) is 20.1. The van der Waals surface area contributed by atoms with Gasteiger partial charge in [-0.25, -0.2) is 10.2 Å². The van der Waals surface area contributed by atoms with Crippen molar-refractivity contribution in [1.29, 1.82) is 0 Å². The number of hydrogen-bond donors (Lipinski definition) is 1. The molecule has 10 nitrogen and oxygen atoms in total. The van der Waals surface area contributed by atoms with E-state index in [1.54, 1.807) is 17.8 Å². The zero-order valence-corrected chi connectivity index (χ0v) is 15.4. The Bertz CT molecular complexity index is 795. The third-order valence-corrected chi connectivity index (χ3v) is 3.67. The Morgan fingerprint density at radius 3 is 2.89 bits per heavy atom. The summed E-state index contributed by atoms with van der Waals surface area (Å²) in [6.45, 7) is 4.77. The topological polar surface area (TPSA) is 125 Å². The number of carbonyl (C=O) groups is 1. The summed E-state index contributed by atoms with van der Waals surface area (Å²) >= 11 is 0. The van der Waals surface area contributed by atoms with Gasteiger partial charge in [0.2, 0.25) is 0 Å². The summed E-state index contributed by atoms with van der Waals surface area (Å²) in [5, 5.41) is 19.1. The Balaban J connectivity index is 2.19. The zero-order chi connectivity index (χ0) is 19.6. The standard InChI is InChI=1S/C17H23N5O5/c1-3-5-6-7-10-21-12-13(11-18-19-17(23)26-4-2)16(20-21)14-8-9-15(27-14)22(24)25/h8-9,11-12H,3-7,10H2,1-2H3,(H,19,23)/b18-11+. The van der Waals surface area contributed by atoms with E-state index < -0.39 is 11.0 Å². The molecule has 0 saturated heterocycles. The van der Waals surface area contributed by atoms with Crippen LogP contribution < -0.4 is 5.43 Å². The van der Waals surface area contributed by atoms with Crippen molar-refractivity contribution in [2.45, 2.75) is 46.1 Å². The van der Waals surface area contributed by atoms with Crippen LogP contribution >= 0.6 is 0 Å². The van der Waals surface area contributed by atoms with E-state index in [1.807, 2.05) is 0 Å². The first-order chi connectivity index (χ1) is 13.0. The van der Waals surface area contributed by atoms with Gasteiger partial charge < -0.3 is 9.15 Å². The fourth-order valence-corrected chi connectivity index (χ4v) is 2.41. The lowest BCUT2D eigenvalue weighted by Gasteiger charge is -2.00. The fraction of sp³-hybridized carbons (Fsp3) is 0.471. The van der Waals surface area contributed by atoms with Crippen molar-refractivity contribution in [2.75, 3.05) is 6.61 Å².